The molecule has 0 N–H and O–H groups in total. The lowest BCUT2D eigenvalue weighted by Crippen LogP contribution is -2.48. The molecule has 0 radical (unpaired) electrons. The third-order valence-electron chi connectivity index (χ3n) is 7.64. The first kappa shape index (κ1) is 25.0. The molecule has 200 valence electrons. The molecule has 7 nitrogen and oxygen atoms in total. The number of aryl methyl sites for hydroxylation is 2. The third-order valence-corrected chi connectivity index (χ3v) is 7.64. The summed E-state index contributed by atoms with van der Waals surface area (Å²) in [7, 11) is 3.61. The number of imidazole rings is 2. The minimum Gasteiger partial charge on any atom is -0.368 e. The van der Waals surface area contributed by atoms with E-state index < -0.39 is 11.6 Å². The Bertz CT molecular complexity index is 1720. The summed E-state index contributed by atoms with van der Waals surface area (Å²) in [5.41, 5.74) is 3.53. The monoisotopic (exact) mass is 532 g/mol. The zero-order valence-electron chi connectivity index (χ0n) is 21.8. The van der Waals surface area contributed by atoms with E-state index in [1.165, 1.54) is 18.2 Å². The van der Waals surface area contributed by atoms with Gasteiger partial charge in [0.05, 0.1) is 22.5 Å². The van der Waals surface area contributed by atoms with Crippen molar-refractivity contribution in [2.24, 2.45) is 14.1 Å². The smallest absolute Gasteiger partial charge is 0.254 e. The van der Waals surface area contributed by atoms with Gasteiger partial charge in [0.2, 0.25) is 0 Å². The van der Waals surface area contributed by atoms with E-state index >= 15 is 0 Å². The molecule has 1 amide bonds. The predicted molar refractivity (Wildman–Crippen MR) is 143 cm³/mol. The second-order valence-electron chi connectivity index (χ2n) is 9.99. The average Bonchev–Trinajstić information content (AvgIpc) is 3.45. The van der Waals surface area contributed by atoms with Crippen LogP contribution in [0, 0.1) is 17.5 Å². The van der Waals surface area contributed by atoms with Gasteiger partial charge in [0.1, 0.15) is 28.8 Å². The number of anilines is 1. The molecule has 1 aliphatic heterocycles. The van der Waals surface area contributed by atoms with E-state index in [-0.39, 0.29) is 23.2 Å². The Morgan fingerprint density at radius 2 is 1.46 bits per heavy atom. The van der Waals surface area contributed by atoms with Crippen molar-refractivity contribution in [3.63, 3.8) is 0 Å². The van der Waals surface area contributed by atoms with Gasteiger partial charge in [0.15, 0.2) is 5.82 Å². The number of nitrogens with zero attached hydrogens (tertiary/aromatic N) is 6. The maximum absolute atomic E-state index is 14.4. The van der Waals surface area contributed by atoms with E-state index in [0.717, 1.165) is 22.8 Å². The highest BCUT2D eigenvalue weighted by molar-refractivity contribution is 5.97. The van der Waals surface area contributed by atoms with Gasteiger partial charge in [-0.05, 0) is 55.5 Å². The van der Waals surface area contributed by atoms with Crippen LogP contribution in [0.4, 0.5) is 18.9 Å². The zero-order chi connectivity index (χ0) is 27.4. The standard InChI is InChI=1S/C29H27F3N6O/c1-17(28-34-26-22(32)15-20(31)16-25(26)36(28)3)27-33-23-9-4-18(14-24(23)35(27)2)29(39)38-12-10-37(11-13-38)21-7-5-19(30)6-8-21/h4-9,14-17H,10-13H2,1-3H3. The number of hydrogen-bond donors (Lipinski definition) is 0. The number of fused-ring (bicyclic) bond motifs is 2. The van der Waals surface area contributed by atoms with E-state index in [0.29, 0.717) is 48.9 Å². The average molecular weight is 533 g/mol. The quantitative estimate of drug-likeness (QED) is 0.327. The maximum atomic E-state index is 14.4. The van der Waals surface area contributed by atoms with Crippen LogP contribution in [-0.4, -0.2) is 56.1 Å². The van der Waals surface area contributed by atoms with E-state index in [2.05, 4.69) is 9.88 Å². The summed E-state index contributed by atoms with van der Waals surface area (Å²) in [6, 6.07) is 14.0. The largest absolute Gasteiger partial charge is 0.368 e. The van der Waals surface area contributed by atoms with Crippen LogP contribution >= 0.6 is 0 Å². The summed E-state index contributed by atoms with van der Waals surface area (Å²) in [4.78, 5) is 26.6. The van der Waals surface area contributed by atoms with Crippen LogP contribution in [0.2, 0.25) is 0 Å². The lowest BCUT2D eigenvalue weighted by Gasteiger charge is -2.36. The zero-order valence-corrected chi connectivity index (χ0v) is 21.8. The van der Waals surface area contributed by atoms with Crippen LogP contribution in [0.5, 0.6) is 0 Å². The van der Waals surface area contributed by atoms with Crippen LogP contribution in [0.15, 0.2) is 54.6 Å². The van der Waals surface area contributed by atoms with Crippen LogP contribution in [0.25, 0.3) is 22.1 Å². The summed E-state index contributed by atoms with van der Waals surface area (Å²) in [5, 5.41) is 0. The molecule has 1 saturated heterocycles. The van der Waals surface area contributed by atoms with Crippen molar-refractivity contribution in [2.45, 2.75) is 12.8 Å². The lowest BCUT2D eigenvalue weighted by atomic mass is 10.1. The molecule has 1 fully saturated rings. The van der Waals surface area contributed by atoms with Gasteiger partial charge in [-0.1, -0.05) is 0 Å². The highest BCUT2D eigenvalue weighted by Crippen LogP contribution is 2.30. The van der Waals surface area contributed by atoms with Gasteiger partial charge in [-0.15, -0.1) is 0 Å². The number of benzene rings is 3. The molecule has 5 aromatic rings. The van der Waals surface area contributed by atoms with E-state index in [9.17, 15) is 18.0 Å². The van der Waals surface area contributed by atoms with E-state index in [4.69, 9.17) is 4.98 Å². The number of amides is 1. The van der Waals surface area contributed by atoms with Gasteiger partial charge in [-0.3, -0.25) is 4.79 Å². The summed E-state index contributed by atoms with van der Waals surface area (Å²) in [5.74, 6) is -0.747. The molecule has 0 spiro atoms. The van der Waals surface area contributed by atoms with Crippen LogP contribution < -0.4 is 4.90 Å². The molecule has 1 aliphatic rings. The van der Waals surface area contributed by atoms with Gasteiger partial charge in [0, 0.05) is 57.6 Å². The molecule has 6 rings (SSSR count). The Hall–Kier alpha value is -4.34. The van der Waals surface area contributed by atoms with Crippen molar-refractivity contribution in [1.82, 2.24) is 24.0 Å². The summed E-state index contributed by atoms with van der Waals surface area (Å²) in [6.45, 7) is 4.37. The number of aromatic nitrogens is 4. The van der Waals surface area contributed by atoms with Crippen molar-refractivity contribution in [2.75, 3.05) is 31.1 Å². The Kier molecular flexibility index (Phi) is 6.05. The predicted octanol–water partition coefficient (Wildman–Crippen LogP) is 4.99. The fourth-order valence-corrected chi connectivity index (χ4v) is 5.47. The second kappa shape index (κ2) is 9.44. The minimum atomic E-state index is -0.703. The number of carbonyl (C=O) groups is 1. The Labute approximate surface area is 223 Å². The number of hydrogen-bond acceptors (Lipinski definition) is 4. The molecule has 39 heavy (non-hydrogen) atoms. The van der Waals surface area contributed by atoms with Crippen molar-refractivity contribution < 1.29 is 18.0 Å². The third kappa shape index (κ3) is 4.29. The van der Waals surface area contributed by atoms with Gasteiger partial charge in [0.25, 0.3) is 5.91 Å². The maximum Gasteiger partial charge on any atom is 0.254 e. The Balaban J connectivity index is 1.24. The SMILES string of the molecule is CC(c1nc2ccc(C(=O)N3CCN(c4ccc(F)cc4)CC3)cc2n1C)c1nc2c(F)cc(F)cc2n1C. The van der Waals surface area contributed by atoms with Gasteiger partial charge >= 0.3 is 0 Å². The molecule has 10 heteroatoms. The molecule has 0 saturated carbocycles. The number of piperazine rings is 1. The van der Waals surface area contributed by atoms with Crippen molar-refractivity contribution in [3.8, 4) is 0 Å². The van der Waals surface area contributed by atoms with Gasteiger partial charge in [-0.2, -0.15) is 0 Å². The van der Waals surface area contributed by atoms with Gasteiger partial charge in [-0.25, -0.2) is 23.1 Å². The normalized spacial score (nSPS) is 14.9. The van der Waals surface area contributed by atoms with Crippen LogP contribution in [-0.2, 0) is 14.1 Å². The molecule has 0 aliphatic carbocycles. The summed E-state index contributed by atoms with van der Waals surface area (Å²) < 4.78 is 45.0. The first-order valence-corrected chi connectivity index (χ1v) is 12.8. The highest BCUT2D eigenvalue weighted by atomic mass is 19.1. The summed E-state index contributed by atoms with van der Waals surface area (Å²) >= 11 is 0. The topological polar surface area (TPSA) is 59.2 Å². The Morgan fingerprint density at radius 1 is 0.795 bits per heavy atom. The van der Waals surface area contributed by atoms with E-state index in [1.54, 1.807) is 29.8 Å². The first-order valence-electron chi connectivity index (χ1n) is 12.8. The lowest BCUT2D eigenvalue weighted by molar-refractivity contribution is 0.0747. The molecule has 0 bridgehead atoms. The number of halogens is 3. The van der Waals surface area contributed by atoms with Crippen LogP contribution in [0.1, 0.15) is 34.8 Å². The fourth-order valence-electron chi connectivity index (χ4n) is 5.47. The fraction of sp³-hybridized carbons (Fsp3) is 0.276. The van der Waals surface area contributed by atoms with Crippen molar-refractivity contribution >= 4 is 33.7 Å². The van der Waals surface area contributed by atoms with Crippen LogP contribution in [0.3, 0.4) is 0 Å². The summed E-state index contributed by atoms with van der Waals surface area (Å²) in [6.07, 6.45) is 0. The minimum absolute atomic E-state index is 0.0562. The molecule has 2 aromatic heterocycles. The molecule has 1 unspecified atom stereocenters. The molecule has 3 heterocycles. The van der Waals surface area contributed by atoms with Gasteiger partial charge < -0.3 is 18.9 Å². The number of rotatable bonds is 4. The first-order chi connectivity index (χ1) is 18.7. The molecule has 3 aromatic carbocycles. The Morgan fingerprint density at radius 3 is 2.18 bits per heavy atom. The van der Waals surface area contributed by atoms with E-state index in [1.807, 2.05) is 35.6 Å². The van der Waals surface area contributed by atoms with Crippen molar-refractivity contribution in [1.29, 1.82) is 0 Å². The molecular weight excluding hydrogens is 505 g/mol. The second-order valence-corrected chi connectivity index (χ2v) is 9.99. The number of carbonyl (C=O) groups excluding carboxylic acids is 1. The molecular formula is C29H27F3N6O. The highest BCUT2D eigenvalue weighted by Gasteiger charge is 2.26. The molecule has 1 atom stereocenters. The van der Waals surface area contributed by atoms with Crippen molar-refractivity contribution in [3.05, 3.63) is 89.3 Å².